The van der Waals surface area contributed by atoms with Crippen LogP contribution in [-0.4, -0.2) is 54.5 Å². The van der Waals surface area contributed by atoms with Crippen LogP contribution in [0.4, 0.5) is 0 Å². The maximum atomic E-state index is 13.1. The average molecular weight is 432 g/mol. The van der Waals surface area contributed by atoms with E-state index in [9.17, 15) is 9.59 Å². The molecule has 2 aromatic rings. The molecule has 0 aliphatic heterocycles. The van der Waals surface area contributed by atoms with Crippen molar-refractivity contribution in [1.29, 1.82) is 0 Å². The Kier molecular flexibility index (Phi) is 6.23. The molecule has 0 spiro atoms. The van der Waals surface area contributed by atoms with Crippen LogP contribution >= 0.6 is 23.2 Å². The predicted octanol–water partition coefficient (Wildman–Crippen LogP) is 4.11. The van der Waals surface area contributed by atoms with Gasteiger partial charge in [-0.05, 0) is 36.5 Å². The smallest absolute Gasteiger partial charge is 0.194 e. The summed E-state index contributed by atoms with van der Waals surface area (Å²) in [6.45, 7) is 2.70. The van der Waals surface area contributed by atoms with Crippen molar-refractivity contribution in [3.8, 4) is 5.75 Å². The first-order chi connectivity index (χ1) is 14.2. The Balaban J connectivity index is 1.64. The second kappa shape index (κ2) is 8.86. The molecule has 2 aliphatic rings. The zero-order valence-corrected chi connectivity index (χ0v) is 17.7. The molecule has 4 nitrogen and oxygen atoms in total. The molecule has 0 saturated heterocycles. The van der Waals surface area contributed by atoms with Crippen molar-refractivity contribution in [2.45, 2.75) is 19.3 Å². The van der Waals surface area contributed by atoms with E-state index in [1.54, 1.807) is 30.3 Å². The summed E-state index contributed by atoms with van der Waals surface area (Å²) < 4.78 is 6.12. The van der Waals surface area contributed by atoms with Crippen molar-refractivity contribution in [2.75, 3.05) is 38.0 Å². The third-order valence-corrected chi connectivity index (χ3v) is 6.05. The summed E-state index contributed by atoms with van der Waals surface area (Å²) in [5.41, 5.74) is 4.10. The van der Waals surface area contributed by atoms with Gasteiger partial charge < -0.3 is 4.74 Å². The Morgan fingerprint density at radius 3 is 2.21 bits per heavy atom. The van der Waals surface area contributed by atoms with Crippen LogP contribution in [0.3, 0.4) is 0 Å². The fourth-order valence-electron chi connectivity index (χ4n) is 4.33. The highest BCUT2D eigenvalue weighted by atomic mass is 35.5. The van der Waals surface area contributed by atoms with Gasteiger partial charge in [-0.25, -0.2) is 0 Å². The van der Waals surface area contributed by atoms with Crippen LogP contribution in [-0.2, 0) is 12.8 Å². The summed E-state index contributed by atoms with van der Waals surface area (Å²) in [4.78, 5) is 28.4. The van der Waals surface area contributed by atoms with E-state index in [0.29, 0.717) is 47.2 Å². The molecule has 0 radical (unpaired) electrons. The highest BCUT2D eigenvalue weighted by Crippen LogP contribution is 2.40. The lowest BCUT2D eigenvalue weighted by molar-refractivity contribution is 0.0978. The Bertz CT molecular complexity index is 951. The Morgan fingerprint density at radius 1 is 0.862 bits per heavy atom. The molecule has 29 heavy (non-hydrogen) atoms. The molecule has 0 fully saturated rings. The lowest BCUT2D eigenvalue weighted by Crippen LogP contribution is -2.32. The van der Waals surface area contributed by atoms with Crippen LogP contribution in [0, 0.1) is 0 Å². The van der Waals surface area contributed by atoms with Crippen molar-refractivity contribution in [1.82, 2.24) is 4.90 Å². The fourth-order valence-corrected chi connectivity index (χ4v) is 4.81. The van der Waals surface area contributed by atoms with E-state index >= 15 is 0 Å². The summed E-state index contributed by atoms with van der Waals surface area (Å²) in [6.07, 6.45) is 2.64. The molecule has 2 aromatic carbocycles. The summed E-state index contributed by atoms with van der Waals surface area (Å²) in [7, 11) is 0. The Morgan fingerprint density at radius 2 is 1.52 bits per heavy atom. The monoisotopic (exact) mass is 431 g/mol. The van der Waals surface area contributed by atoms with Gasteiger partial charge in [-0.15, -0.1) is 23.2 Å². The van der Waals surface area contributed by atoms with Gasteiger partial charge in [0, 0.05) is 53.6 Å². The van der Waals surface area contributed by atoms with E-state index in [0.717, 1.165) is 49.2 Å². The van der Waals surface area contributed by atoms with Crippen LogP contribution in [0.5, 0.6) is 5.75 Å². The quantitative estimate of drug-likeness (QED) is 0.503. The number of rotatable bonds is 8. The molecule has 0 N–H and O–H groups in total. The van der Waals surface area contributed by atoms with Crippen molar-refractivity contribution in [3.63, 3.8) is 0 Å². The number of ether oxygens (including phenoxy) is 1. The van der Waals surface area contributed by atoms with E-state index in [2.05, 4.69) is 4.90 Å². The maximum Gasteiger partial charge on any atom is 0.194 e. The van der Waals surface area contributed by atoms with E-state index < -0.39 is 0 Å². The number of benzene rings is 2. The molecule has 2 aliphatic carbocycles. The zero-order valence-electron chi connectivity index (χ0n) is 16.2. The molecule has 0 amide bonds. The first-order valence-electron chi connectivity index (χ1n) is 10.00. The molecule has 0 saturated carbocycles. The van der Waals surface area contributed by atoms with Crippen molar-refractivity contribution < 1.29 is 14.3 Å². The first-order valence-corrected chi connectivity index (χ1v) is 11.1. The molecule has 0 bridgehead atoms. The summed E-state index contributed by atoms with van der Waals surface area (Å²) in [6, 6.07) is 8.85. The van der Waals surface area contributed by atoms with Gasteiger partial charge in [0.1, 0.15) is 12.4 Å². The van der Waals surface area contributed by atoms with Gasteiger partial charge in [-0.1, -0.05) is 24.3 Å². The number of hydrogen-bond acceptors (Lipinski definition) is 4. The fraction of sp³-hybridized carbons (Fsp3) is 0.391. The molecular weight excluding hydrogens is 409 g/mol. The second-order valence-electron chi connectivity index (χ2n) is 7.38. The Labute approximate surface area is 180 Å². The predicted molar refractivity (Wildman–Crippen MR) is 115 cm³/mol. The second-order valence-corrected chi connectivity index (χ2v) is 8.14. The van der Waals surface area contributed by atoms with E-state index in [1.807, 2.05) is 0 Å². The van der Waals surface area contributed by atoms with Crippen LogP contribution < -0.4 is 4.74 Å². The molecule has 0 aromatic heterocycles. The number of fused-ring (bicyclic) bond motifs is 4. The van der Waals surface area contributed by atoms with Gasteiger partial charge in [0.15, 0.2) is 11.6 Å². The number of halogens is 2. The number of alkyl halides is 2. The molecule has 0 unspecified atom stereocenters. The molecule has 0 heterocycles. The summed E-state index contributed by atoms with van der Waals surface area (Å²) in [5, 5.41) is 0. The van der Waals surface area contributed by atoms with Crippen LogP contribution in [0.15, 0.2) is 30.3 Å². The number of ketones is 2. The molecular formula is C23H23Cl2NO3. The highest BCUT2D eigenvalue weighted by molar-refractivity contribution is 6.29. The first kappa shape index (κ1) is 20.4. The topological polar surface area (TPSA) is 46.6 Å². The number of hydrogen-bond donors (Lipinski definition) is 0. The molecule has 6 heteroatoms. The normalized spacial score (nSPS) is 14.7. The van der Waals surface area contributed by atoms with Crippen LogP contribution in [0.1, 0.15) is 49.4 Å². The summed E-state index contributed by atoms with van der Waals surface area (Å²) in [5.74, 6) is 1.67. The van der Waals surface area contributed by atoms with Crippen molar-refractivity contribution in [2.24, 2.45) is 0 Å². The highest BCUT2D eigenvalue weighted by Gasteiger charge is 2.35. The lowest BCUT2D eigenvalue weighted by atomic mass is 9.80. The Hall–Kier alpha value is -1.88. The van der Waals surface area contributed by atoms with E-state index in [1.165, 1.54) is 0 Å². The minimum absolute atomic E-state index is 0.0460. The van der Waals surface area contributed by atoms with Gasteiger partial charge >= 0.3 is 0 Å². The SMILES string of the molecule is O=C1c2ccccc2C(=O)c2c1cc(OCCN(CCCl)CCCl)c1c2CCC1. The standard InChI is InChI=1S/C23H23Cl2NO3/c24-8-10-26(11-9-25)12-13-29-20-14-19-21(16-7-3-6-15(16)20)23(28)18-5-2-1-4-17(18)22(19)27/h1-2,4-5,14H,3,6-13H2. The van der Waals surface area contributed by atoms with Gasteiger partial charge in [0.25, 0.3) is 0 Å². The van der Waals surface area contributed by atoms with Crippen molar-refractivity contribution in [3.05, 3.63) is 63.7 Å². The van der Waals surface area contributed by atoms with E-state index in [-0.39, 0.29) is 11.6 Å². The third-order valence-electron chi connectivity index (χ3n) is 5.72. The average Bonchev–Trinajstić information content (AvgIpc) is 3.22. The number of carbonyl (C=O) groups is 2. The number of nitrogens with zero attached hydrogens (tertiary/aromatic N) is 1. The molecule has 0 atom stereocenters. The van der Waals surface area contributed by atoms with Crippen molar-refractivity contribution >= 4 is 34.8 Å². The van der Waals surface area contributed by atoms with Crippen LogP contribution in [0.2, 0.25) is 0 Å². The number of carbonyl (C=O) groups excluding carboxylic acids is 2. The summed E-state index contributed by atoms with van der Waals surface area (Å²) >= 11 is 11.7. The lowest BCUT2D eigenvalue weighted by Gasteiger charge is -2.23. The largest absolute Gasteiger partial charge is 0.492 e. The van der Waals surface area contributed by atoms with Gasteiger partial charge in [-0.3, -0.25) is 14.5 Å². The third kappa shape index (κ3) is 3.81. The molecule has 4 rings (SSSR count). The minimum atomic E-state index is -0.0966. The minimum Gasteiger partial charge on any atom is -0.492 e. The van der Waals surface area contributed by atoms with Gasteiger partial charge in [0.2, 0.25) is 0 Å². The van der Waals surface area contributed by atoms with Gasteiger partial charge in [-0.2, -0.15) is 0 Å². The maximum absolute atomic E-state index is 13.1. The molecule has 152 valence electrons. The zero-order chi connectivity index (χ0) is 20.4. The van der Waals surface area contributed by atoms with Crippen LogP contribution in [0.25, 0.3) is 0 Å². The van der Waals surface area contributed by atoms with E-state index in [4.69, 9.17) is 27.9 Å². The van der Waals surface area contributed by atoms with Gasteiger partial charge in [0.05, 0.1) is 0 Å².